The van der Waals surface area contributed by atoms with Crippen LogP contribution in [0.4, 0.5) is 0 Å². The Morgan fingerprint density at radius 3 is 2.65 bits per heavy atom. The number of carbonyl (C=O) groups excluding carboxylic acids is 1. The number of amides is 1. The van der Waals surface area contributed by atoms with E-state index in [0.717, 1.165) is 5.56 Å². The van der Waals surface area contributed by atoms with Gasteiger partial charge in [0.25, 0.3) is 0 Å². The number of methoxy groups -OCH3 is 1. The standard InChI is InChI=1S/C22H28N2O6S/c1-29-17-8-5-9-19(12-17)31(27,28)24-20-11-10-18(30-21(20)15-25)13-22(26)23-14-16-6-3-2-4-7-16/h2-9,12,18,20-21,24-25H,10-11,13-15H2,1H3,(H,23,26)/t18-,20+,21+/m1/s1. The number of carbonyl (C=O) groups is 1. The van der Waals surface area contributed by atoms with Crippen LogP contribution in [-0.2, 0) is 26.1 Å². The summed E-state index contributed by atoms with van der Waals surface area (Å²) in [7, 11) is -2.35. The molecule has 3 N–H and O–H groups in total. The van der Waals surface area contributed by atoms with Crippen molar-refractivity contribution in [3.63, 3.8) is 0 Å². The molecular formula is C22H28N2O6S. The largest absolute Gasteiger partial charge is 0.497 e. The number of hydrogen-bond donors (Lipinski definition) is 3. The Kier molecular flexibility index (Phi) is 8.03. The zero-order valence-electron chi connectivity index (χ0n) is 17.4. The molecule has 0 aromatic heterocycles. The van der Waals surface area contributed by atoms with Crippen LogP contribution in [0.2, 0.25) is 0 Å². The molecule has 31 heavy (non-hydrogen) atoms. The monoisotopic (exact) mass is 448 g/mol. The summed E-state index contributed by atoms with van der Waals surface area (Å²) in [6.45, 7) is 0.0756. The maximum atomic E-state index is 12.7. The highest BCUT2D eigenvalue weighted by Gasteiger charge is 2.34. The first-order valence-electron chi connectivity index (χ1n) is 10.1. The highest BCUT2D eigenvalue weighted by atomic mass is 32.2. The Morgan fingerprint density at radius 2 is 1.94 bits per heavy atom. The van der Waals surface area contributed by atoms with Crippen molar-refractivity contribution in [1.82, 2.24) is 10.0 Å². The summed E-state index contributed by atoms with van der Waals surface area (Å²) in [6, 6.07) is 15.2. The summed E-state index contributed by atoms with van der Waals surface area (Å²) in [6.07, 6.45) is -0.0174. The van der Waals surface area contributed by atoms with Gasteiger partial charge in [-0.3, -0.25) is 4.79 Å². The van der Waals surface area contributed by atoms with Crippen LogP contribution in [0.1, 0.15) is 24.8 Å². The van der Waals surface area contributed by atoms with Crippen LogP contribution in [-0.4, -0.2) is 51.4 Å². The average Bonchev–Trinajstić information content (AvgIpc) is 2.79. The van der Waals surface area contributed by atoms with Gasteiger partial charge in [-0.15, -0.1) is 0 Å². The van der Waals surface area contributed by atoms with E-state index in [1.54, 1.807) is 12.1 Å². The van der Waals surface area contributed by atoms with Gasteiger partial charge in [0.15, 0.2) is 0 Å². The first kappa shape index (κ1) is 23.2. The van der Waals surface area contributed by atoms with Gasteiger partial charge >= 0.3 is 0 Å². The number of nitrogens with one attached hydrogen (secondary N) is 2. The summed E-state index contributed by atoms with van der Waals surface area (Å²) >= 11 is 0. The predicted molar refractivity (Wildman–Crippen MR) is 115 cm³/mol. The van der Waals surface area contributed by atoms with Gasteiger partial charge in [0.2, 0.25) is 15.9 Å². The van der Waals surface area contributed by atoms with Crippen LogP contribution in [0.5, 0.6) is 5.75 Å². The van der Waals surface area contributed by atoms with E-state index in [0.29, 0.717) is 25.1 Å². The molecule has 9 heteroatoms. The van der Waals surface area contributed by atoms with Crippen LogP contribution >= 0.6 is 0 Å². The SMILES string of the molecule is COc1cccc(S(=O)(=O)N[C@H]2CC[C@H](CC(=O)NCc3ccccc3)O[C@H]2CO)c1. The summed E-state index contributed by atoms with van der Waals surface area (Å²) in [5.74, 6) is 0.281. The third kappa shape index (κ3) is 6.51. The first-order chi connectivity index (χ1) is 14.9. The predicted octanol–water partition coefficient (Wildman–Crippen LogP) is 1.59. The molecule has 3 rings (SSSR count). The molecule has 1 amide bonds. The van der Waals surface area contributed by atoms with Gasteiger partial charge in [-0.1, -0.05) is 36.4 Å². The Hall–Kier alpha value is -2.46. The maximum Gasteiger partial charge on any atom is 0.241 e. The molecule has 1 heterocycles. The van der Waals surface area contributed by atoms with Crippen molar-refractivity contribution >= 4 is 15.9 Å². The van der Waals surface area contributed by atoms with Gasteiger partial charge in [-0.05, 0) is 30.5 Å². The van der Waals surface area contributed by atoms with Crippen molar-refractivity contribution in [3.05, 3.63) is 60.2 Å². The first-order valence-corrected chi connectivity index (χ1v) is 11.6. The van der Waals surface area contributed by atoms with E-state index in [-0.39, 0.29) is 29.9 Å². The molecule has 0 spiro atoms. The molecule has 2 aromatic rings. The fourth-order valence-corrected chi connectivity index (χ4v) is 4.86. The van der Waals surface area contributed by atoms with E-state index in [2.05, 4.69) is 10.0 Å². The third-order valence-electron chi connectivity index (χ3n) is 5.20. The second-order valence-electron chi connectivity index (χ2n) is 7.43. The number of hydrogen-bond acceptors (Lipinski definition) is 6. The lowest BCUT2D eigenvalue weighted by molar-refractivity contribution is -0.130. The second kappa shape index (κ2) is 10.7. The van der Waals surface area contributed by atoms with E-state index in [9.17, 15) is 18.3 Å². The third-order valence-corrected chi connectivity index (χ3v) is 6.69. The zero-order valence-corrected chi connectivity index (χ0v) is 18.2. The summed E-state index contributed by atoms with van der Waals surface area (Å²) in [5, 5.41) is 12.6. The van der Waals surface area contributed by atoms with Crippen LogP contribution in [0.25, 0.3) is 0 Å². The number of rotatable bonds is 9. The molecule has 1 saturated heterocycles. The lowest BCUT2D eigenvalue weighted by Crippen LogP contribution is -2.51. The van der Waals surface area contributed by atoms with Crippen molar-refractivity contribution < 1.29 is 27.8 Å². The minimum atomic E-state index is -3.82. The van der Waals surface area contributed by atoms with Gasteiger partial charge in [-0.25, -0.2) is 13.1 Å². The maximum absolute atomic E-state index is 12.7. The molecule has 168 valence electrons. The fraction of sp³-hybridized carbons (Fsp3) is 0.409. The number of aliphatic hydroxyl groups is 1. The smallest absolute Gasteiger partial charge is 0.241 e. The normalized spacial score (nSPS) is 21.4. The Balaban J connectivity index is 1.54. The molecule has 1 aliphatic heterocycles. The van der Waals surface area contributed by atoms with Crippen molar-refractivity contribution in [3.8, 4) is 5.75 Å². The van der Waals surface area contributed by atoms with Crippen molar-refractivity contribution in [2.45, 2.75) is 49.0 Å². The highest BCUT2D eigenvalue weighted by Crippen LogP contribution is 2.24. The van der Waals surface area contributed by atoms with Crippen molar-refractivity contribution in [1.29, 1.82) is 0 Å². The summed E-state index contributed by atoms with van der Waals surface area (Å²) in [4.78, 5) is 12.3. The molecule has 0 unspecified atom stereocenters. The average molecular weight is 449 g/mol. The van der Waals surface area contributed by atoms with Crippen LogP contribution in [0, 0.1) is 0 Å². The lowest BCUT2D eigenvalue weighted by Gasteiger charge is -2.35. The molecular weight excluding hydrogens is 420 g/mol. The lowest BCUT2D eigenvalue weighted by atomic mass is 9.98. The van der Waals surface area contributed by atoms with E-state index in [1.165, 1.54) is 19.2 Å². The molecule has 0 aliphatic carbocycles. The molecule has 2 aromatic carbocycles. The van der Waals surface area contributed by atoms with E-state index < -0.39 is 22.2 Å². The highest BCUT2D eigenvalue weighted by molar-refractivity contribution is 7.89. The topological polar surface area (TPSA) is 114 Å². The molecule has 0 bridgehead atoms. The Morgan fingerprint density at radius 1 is 1.16 bits per heavy atom. The zero-order chi connectivity index (χ0) is 22.3. The molecule has 0 saturated carbocycles. The quantitative estimate of drug-likeness (QED) is 0.537. The van der Waals surface area contributed by atoms with Gasteiger partial charge in [0, 0.05) is 12.6 Å². The number of benzene rings is 2. The minimum Gasteiger partial charge on any atom is -0.497 e. The molecule has 1 fully saturated rings. The molecule has 8 nitrogen and oxygen atoms in total. The number of aliphatic hydroxyl groups excluding tert-OH is 1. The summed E-state index contributed by atoms with van der Waals surface area (Å²) in [5.41, 5.74) is 1.00. The number of ether oxygens (including phenoxy) is 2. The van der Waals surface area contributed by atoms with Crippen LogP contribution in [0.15, 0.2) is 59.5 Å². The molecule has 1 aliphatic rings. The van der Waals surface area contributed by atoms with Gasteiger partial charge in [0.1, 0.15) is 5.75 Å². The fourth-order valence-electron chi connectivity index (χ4n) is 3.53. The second-order valence-corrected chi connectivity index (χ2v) is 9.14. The van der Waals surface area contributed by atoms with Gasteiger partial charge < -0.3 is 19.9 Å². The van der Waals surface area contributed by atoms with E-state index >= 15 is 0 Å². The molecule has 0 radical (unpaired) electrons. The van der Waals surface area contributed by atoms with Crippen LogP contribution in [0.3, 0.4) is 0 Å². The van der Waals surface area contributed by atoms with Crippen molar-refractivity contribution in [2.24, 2.45) is 0 Å². The van der Waals surface area contributed by atoms with Crippen LogP contribution < -0.4 is 14.8 Å². The number of sulfonamides is 1. The summed E-state index contributed by atoms with van der Waals surface area (Å²) < 4.78 is 39.0. The Bertz CT molecular complexity index is 967. The minimum absolute atomic E-state index is 0.0750. The van der Waals surface area contributed by atoms with E-state index in [1.807, 2.05) is 30.3 Å². The van der Waals surface area contributed by atoms with E-state index in [4.69, 9.17) is 9.47 Å². The van der Waals surface area contributed by atoms with Gasteiger partial charge in [0.05, 0.1) is 43.3 Å². The molecule has 3 atom stereocenters. The van der Waals surface area contributed by atoms with Gasteiger partial charge in [-0.2, -0.15) is 0 Å². The Labute approximate surface area is 182 Å². The van der Waals surface area contributed by atoms with Crippen molar-refractivity contribution in [2.75, 3.05) is 13.7 Å².